The van der Waals surface area contributed by atoms with Gasteiger partial charge in [0.25, 0.3) is 0 Å². The summed E-state index contributed by atoms with van der Waals surface area (Å²) in [6.45, 7) is 3.99. The molecule has 5 aromatic rings. The van der Waals surface area contributed by atoms with E-state index in [0.717, 1.165) is 39.0 Å². The number of benzene rings is 4. The first-order valence-corrected chi connectivity index (χ1v) is 12.7. The van der Waals surface area contributed by atoms with Gasteiger partial charge in [0.05, 0.1) is 0 Å². The zero-order valence-electron chi connectivity index (χ0n) is 21.5. The molecule has 0 saturated carbocycles. The first kappa shape index (κ1) is 24.8. The Morgan fingerprint density at radius 3 is 1.82 bits per heavy atom. The van der Waals surface area contributed by atoms with Crippen molar-refractivity contribution in [1.29, 1.82) is 0 Å². The molecule has 2 nitrogen and oxygen atoms in total. The molecule has 5 rings (SSSR count). The van der Waals surface area contributed by atoms with Crippen LogP contribution < -0.4 is 11.2 Å². The van der Waals surface area contributed by atoms with Crippen LogP contribution in [0.3, 0.4) is 0 Å². The van der Waals surface area contributed by atoms with E-state index < -0.39 is 0 Å². The van der Waals surface area contributed by atoms with E-state index in [0.29, 0.717) is 0 Å². The first-order chi connectivity index (χ1) is 18.6. The van der Waals surface area contributed by atoms with Crippen LogP contribution in [0.1, 0.15) is 5.56 Å². The Balaban J connectivity index is 1.67. The lowest BCUT2D eigenvalue weighted by atomic mass is 9.89. The minimum atomic E-state index is 1.02. The van der Waals surface area contributed by atoms with Gasteiger partial charge in [0, 0.05) is 18.0 Å². The molecule has 0 fully saturated rings. The molecule has 0 radical (unpaired) electrons. The number of nitrogens with two attached hydrogens (primary N) is 1. The fraction of sp³-hybridized carbons (Fsp3) is 0. The first-order valence-electron chi connectivity index (χ1n) is 12.7. The molecule has 0 aliphatic heterocycles. The van der Waals surface area contributed by atoms with E-state index in [1.165, 1.54) is 28.4 Å². The van der Waals surface area contributed by atoms with E-state index in [9.17, 15) is 0 Å². The lowest BCUT2D eigenvalue weighted by Crippen LogP contribution is -2.00. The fourth-order valence-corrected chi connectivity index (χ4v) is 4.68. The molecule has 2 N–H and O–H groups in total. The molecule has 38 heavy (non-hydrogen) atoms. The van der Waals surface area contributed by atoms with Crippen molar-refractivity contribution in [2.45, 2.75) is 0 Å². The molecule has 0 saturated heterocycles. The van der Waals surface area contributed by atoms with Crippen LogP contribution >= 0.6 is 0 Å². The Morgan fingerprint density at radius 2 is 1.21 bits per heavy atom. The third-order valence-electron chi connectivity index (χ3n) is 6.61. The average Bonchev–Trinajstić information content (AvgIpc) is 2.98. The van der Waals surface area contributed by atoms with Crippen molar-refractivity contribution < 1.29 is 0 Å². The molecule has 0 spiro atoms. The van der Waals surface area contributed by atoms with Gasteiger partial charge in [-0.15, -0.1) is 0 Å². The van der Waals surface area contributed by atoms with E-state index in [-0.39, 0.29) is 0 Å². The van der Waals surface area contributed by atoms with Gasteiger partial charge in [0.1, 0.15) is 7.85 Å². The van der Waals surface area contributed by atoms with Crippen LogP contribution in [0.2, 0.25) is 0 Å². The average molecular weight is 488 g/mol. The summed E-state index contributed by atoms with van der Waals surface area (Å²) in [4.78, 5) is 4.30. The van der Waals surface area contributed by atoms with Gasteiger partial charge in [-0.2, -0.15) is 0 Å². The monoisotopic (exact) mass is 488 g/mol. The normalized spacial score (nSPS) is 11.5. The molecule has 0 amide bonds. The number of pyridine rings is 1. The van der Waals surface area contributed by atoms with Crippen LogP contribution in [0.25, 0.3) is 50.1 Å². The van der Waals surface area contributed by atoms with Crippen molar-refractivity contribution in [3.63, 3.8) is 0 Å². The quantitative estimate of drug-likeness (QED) is 0.197. The molecule has 182 valence electrons. The summed E-state index contributed by atoms with van der Waals surface area (Å²) in [5.41, 5.74) is 18.2. The van der Waals surface area contributed by atoms with E-state index in [1.54, 1.807) is 6.20 Å². The predicted molar refractivity (Wildman–Crippen MR) is 166 cm³/mol. The van der Waals surface area contributed by atoms with Crippen molar-refractivity contribution in [2.24, 2.45) is 5.73 Å². The number of hydrogen-bond acceptors (Lipinski definition) is 2. The maximum Gasteiger partial charge on any atom is 0.139 e. The number of aromatic nitrogens is 1. The van der Waals surface area contributed by atoms with E-state index in [1.807, 2.05) is 30.5 Å². The van der Waals surface area contributed by atoms with Crippen molar-refractivity contribution in [2.75, 3.05) is 0 Å². The molecular weight excluding hydrogens is 459 g/mol. The van der Waals surface area contributed by atoms with Crippen LogP contribution in [0.5, 0.6) is 0 Å². The number of rotatable bonds is 7. The smallest absolute Gasteiger partial charge is 0.139 e. The number of hydrogen-bond donors (Lipinski definition) is 1. The second-order valence-electron chi connectivity index (χ2n) is 9.28. The second-order valence-corrected chi connectivity index (χ2v) is 9.28. The summed E-state index contributed by atoms with van der Waals surface area (Å²) in [5.74, 6) is 0. The summed E-state index contributed by atoms with van der Waals surface area (Å²) in [6.07, 6.45) is 10.9. The molecular formula is C35H29BN2. The van der Waals surface area contributed by atoms with Gasteiger partial charge in [-0.25, -0.2) is 0 Å². The molecule has 1 heterocycles. The predicted octanol–water partition coefficient (Wildman–Crippen LogP) is 7.05. The van der Waals surface area contributed by atoms with Crippen LogP contribution in [0.4, 0.5) is 0 Å². The zero-order valence-corrected chi connectivity index (χ0v) is 21.5. The molecule has 0 aliphatic carbocycles. The third-order valence-corrected chi connectivity index (χ3v) is 6.61. The molecule has 4 aromatic carbocycles. The summed E-state index contributed by atoms with van der Waals surface area (Å²) in [6, 6.07) is 36.8. The minimum absolute atomic E-state index is 1.02. The number of allylic oxidation sites excluding steroid dienone is 4. The van der Waals surface area contributed by atoms with Gasteiger partial charge in [0.2, 0.25) is 0 Å². The lowest BCUT2D eigenvalue weighted by Gasteiger charge is -2.14. The van der Waals surface area contributed by atoms with Gasteiger partial charge in [-0.1, -0.05) is 90.9 Å². The highest BCUT2D eigenvalue weighted by Crippen LogP contribution is 2.35. The second kappa shape index (κ2) is 11.4. The SMILES string of the molecule is Bc1cccc(-c2cc(-c3cccc(/C(C=C)=C/C=C\N)c3)cc(-c3cccc(-c4cccnc4)c3)c2)c1. The Bertz CT molecular complexity index is 1650. The minimum Gasteiger partial charge on any atom is -0.405 e. The van der Waals surface area contributed by atoms with Gasteiger partial charge in [-0.3, -0.25) is 4.98 Å². The largest absolute Gasteiger partial charge is 0.405 e. The lowest BCUT2D eigenvalue weighted by molar-refractivity contribution is 1.33. The highest BCUT2D eigenvalue weighted by atomic mass is 14.6. The van der Waals surface area contributed by atoms with Crippen LogP contribution in [-0.2, 0) is 0 Å². The van der Waals surface area contributed by atoms with Gasteiger partial charge in [0.15, 0.2) is 0 Å². The third kappa shape index (κ3) is 5.58. The van der Waals surface area contributed by atoms with Crippen molar-refractivity contribution in [1.82, 2.24) is 4.98 Å². The van der Waals surface area contributed by atoms with Gasteiger partial charge in [-0.05, 0) is 98.8 Å². The van der Waals surface area contributed by atoms with Crippen molar-refractivity contribution >= 4 is 18.9 Å². The Labute approximate surface area is 225 Å². The van der Waals surface area contributed by atoms with Crippen molar-refractivity contribution in [3.05, 3.63) is 152 Å². The number of nitrogens with zero attached hydrogens (tertiary/aromatic N) is 1. The highest BCUT2D eigenvalue weighted by Gasteiger charge is 2.10. The molecule has 3 heteroatoms. The fourth-order valence-electron chi connectivity index (χ4n) is 4.68. The zero-order chi connectivity index (χ0) is 26.3. The van der Waals surface area contributed by atoms with Crippen LogP contribution in [0, 0.1) is 0 Å². The molecule has 0 aliphatic rings. The van der Waals surface area contributed by atoms with Crippen molar-refractivity contribution in [3.8, 4) is 44.5 Å². The standard InChI is InChI=1S/C35H29BN2/c1-2-25(13-6-16-37)26-8-3-10-28(18-26)32-20-33(22-34(21-32)30-12-5-15-35(36)23-30)29-11-4-9-27(19-29)31-14-7-17-38-24-31/h2-24H,1,36-37H2/b16-6-,25-13+. The molecule has 1 aromatic heterocycles. The summed E-state index contributed by atoms with van der Waals surface area (Å²) < 4.78 is 0. The van der Waals surface area contributed by atoms with Crippen LogP contribution in [0.15, 0.2) is 147 Å². The van der Waals surface area contributed by atoms with Gasteiger partial charge < -0.3 is 5.73 Å². The van der Waals surface area contributed by atoms with E-state index in [4.69, 9.17) is 5.73 Å². The van der Waals surface area contributed by atoms with E-state index in [2.05, 4.69) is 116 Å². The van der Waals surface area contributed by atoms with E-state index >= 15 is 0 Å². The molecule has 0 atom stereocenters. The Morgan fingerprint density at radius 1 is 0.658 bits per heavy atom. The Kier molecular flexibility index (Phi) is 7.47. The molecule has 0 unspecified atom stereocenters. The summed E-state index contributed by atoms with van der Waals surface area (Å²) in [5, 5.41) is 0. The topological polar surface area (TPSA) is 38.9 Å². The summed E-state index contributed by atoms with van der Waals surface area (Å²) in [7, 11) is 2.13. The van der Waals surface area contributed by atoms with Gasteiger partial charge >= 0.3 is 0 Å². The van der Waals surface area contributed by atoms with Crippen LogP contribution in [-0.4, -0.2) is 12.8 Å². The Hall–Kier alpha value is -4.89. The highest BCUT2D eigenvalue weighted by molar-refractivity contribution is 6.32. The maximum atomic E-state index is 5.57. The summed E-state index contributed by atoms with van der Waals surface area (Å²) >= 11 is 0. The molecule has 0 bridgehead atoms. The maximum absolute atomic E-state index is 5.57.